The van der Waals surface area contributed by atoms with Gasteiger partial charge in [-0.2, -0.15) is 0 Å². The number of hydrogen-bond donors (Lipinski definition) is 3. The minimum atomic E-state index is -1.05. The lowest BCUT2D eigenvalue weighted by atomic mass is 10.2. The number of ether oxygens (including phenoxy) is 1. The number of carboxylic acids is 1. The number of nitrogens with one attached hydrogen (secondary N) is 2. The summed E-state index contributed by atoms with van der Waals surface area (Å²) in [4.78, 5) is 33.6. The maximum atomic E-state index is 11.6. The van der Waals surface area contributed by atoms with Crippen LogP contribution in [0.4, 0.5) is 0 Å². The van der Waals surface area contributed by atoms with Crippen molar-refractivity contribution in [2.24, 2.45) is 0 Å². The van der Waals surface area contributed by atoms with Crippen molar-refractivity contribution in [1.29, 1.82) is 0 Å². The molecule has 108 valence electrons. The van der Waals surface area contributed by atoms with Crippen LogP contribution in [0.5, 0.6) is 0 Å². The molecule has 1 fully saturated rings. The average molecular weight is 272 g/mol. The normalized spacial score (nSPS) is 21.9. The third-order valence-corrected chi connectivity index (χ3v) is 2.81. The van der Waals surface area contributed by atoms with Crippen LogP contribution >= 0.6 is 0 Å². The Labute approximate surface area is 111 Å². The molecule has 0 spiro atoms. The van der Waals surface area contributed by atoms with Gasteiger partial charge >= 0.3 is 5.97 Å². The Morgan fingerprint density at radius 3 is 2.42 bits per heavy atom. The summed E-state index contributed by atoms with van der Waals surface area (Å²) in [5.74, 6) is -1.51. The van der Waals surface area contributed by atoms with Gasteiger partial charge in [-0.25, -0.2) is 4.79 Å². The van der Waals surface area contributed by atoms with Crippen LogP contribution in [0.25, 0.3) is 0 Å². The number of rotatable bonds is 7. The molecule has 0 aromatic carbocycles. The van der Waals surface area contributed by atoms with Crippen molar-refractivity contribution in [2.75, 3.05) is 13.1 Å². The fourth-order valence-corrected chi connectivity index (χ4v) is 1.78. The van der Waals surface area contributed by atoms with E-state index in [0.717, 1.165) is 6.42 Å². The fraction of sp³-hybridized carbons (Fsp3) is 0.750. The average Bonchev–Trinajstić information content (AvgIpc) is 2.86. The first-order chi connectivity index (χ1) is 9.04. The van der Waals surface area contributed by atoms with E-state index in [-0.39, 0.29) is 24.8 Å². The van der Waals surface area contributed by atoms with Gasteiger partial charge in [-0.1, -0.05) is 6.92 Å². The number of carbonyl (C=O) groups is 3. The van der Waals surface area contributed by atoms with Gasteiger partial charge in [0.1, 0.15) is 6.10 Å². The van der Waals surface area contributed by atoms with Crippen molar-refractivity contribution in [3.63, 3.8) is 0 Å². The Balaban J connectivity index is 2.18. The number of aliphatic carboxylic acids is 1. The molecular weight excluding hydrogens is 252 g/mol. The Morgan fingerprint density at radius 2 is 1.84 bits per heavy atom. The van der Waals surface area contributed by atoms with E-state index in [4.69, 9.17) is 9.84 Å². The van der Waals surface area contributed by atoms with Crippen molar-refractivity contribution in [3.05, 3.63) is 0 Å². The molecule has 1 rings (SSSR count). The molecule has 2 atom stereocenters. The van der Waals surface area contributed by atoms with Gasteiger partial charge in [-0.3, -0.25) is 9.59 Å². The summed E-state index contributed by atoms with van der Waals surface area (Å²) >= 11 is 0. The molecule has 7 nitrogen and oxygen atoms in total. The number of carboxylic acid groups (broad SMARTS) is 1. The molecule has 19 heavy (non-hydrogen) atoms. The van der Waals surface area contributed by atoms with Gasteiger partial charge in [0, 0.05) is 19.5 Å². The van der Waals surface area contributed by atoms with Gasteiger partial charge in [0.2, 0.25) is 11.8 Å². The van der Waals surface area contributed by atoms with E-state index in [9.17, 15) is 14.4 Å². The highest BCUT2D eigenvalue weighted by Crippen LogP contribution is 2.19. The van der Waals surface area contributed by atoms with E-state index in [1.165, 1.54) is 0 Å². The molecule has 0 radical (unpaired) electrons. The Morgan fingerprint density at radius 1 is 1.16 bits per heavy atom. The van der Waals surface area contributed by atoms with Gasteiger partial charge in [0.05, 0.1) is 0 Å². The van der Waals surface area contributed by atoms with Crippen molar-refractivity contribution in [3.8, 4) is 0 Å². The molecule has 0 unspecified atom stereocenters. The lowest BCUT2D eigenvalue weighted by molar-refractivity contribution is -0.151. The molecule has 1 aliphatic heterocycles. The smallest absolute Gasteiger partial charge is 0.332 e. The van der Waals surface area contributed by atoms with Crippen LogP contribution in [0.3, 0.4) is 0 Å². The summed E-state index contributed by atoms with van der Waals surface area (Å²) < 4.78 is 5.09. The minimum absolute atomic E-state index is 0.113. The largest absolute Gasteiger partial charge is 0.479 e. The molecule has 2 amide bonds. The maximum Gasteiger partial charge on any atom is 0.332 e. The number of carbonyl (C=O) groups excluding carboxylic acids is 2. The second-order valence-corrected chi connectivity index (χ2v) is 4.42. The van der Waals surface area contributed by atoms with Crippen molar-refractivity contribution in [1.82, 2.24) is 10.6 Å². The van der Waals surface area contributed by atoms with E-state index in [2.05, 4.69) is 10.6 Å². The van der Waals surface area contributed by atoms with E-state index < -0.39 is 18.2 Å². The predicted octanol–water partition coefficient (Wildman–Crippen LogP) is -0.349. The van der Waals surface area contributed by atoms with Crippen LogP contribution in [-0.4, -0.2) is 48.2 Å². The minimum Gasteiger partial charge on any atom is -0.479 e. The van der Waals surface area contributed by atoms with Gasteiger partial charge in [0.15, 0.2) is 6.10 Å². The van der Waals surface area contributed by atoms with Crippen LogP contribution in [0.2, 0.25) is 0 Å². The second-order valence-electron chi connectivity index (χ2n) is 4.42. The summed E-state index contributed by atoms with van der Waals surface area (Å²) in [6, 6.07) is 0. The standard InChI is InChI=1S/C12H20N2O5/c1-2-6-13-10(15)5-7-14-11(16)8-3-4-9(19-8)12(17)18/h8-9H,2-7H2,1H3,(H,13,15)(H,14,16)(H,17,18)/t8-,9+/m0/s1. The molecule has 0 aromatic rings. The fourth-order valence-electron chi connectivity index (χ4n) is 1.78. The topological polar surface area (TPSA) is 105 Å². The maximum absolute atomic E-state index is 11.6. The van der Waals surface area contributed by atoms with E-state index in [1.807, 2.05) is 6.92 Å². The summed E-state index contributed by atoms with van der Waals surface area (Å²) in [7, 11) is 0. The zero-order valence-corrected chi connectivity index (χ0v) is 11.0. The summed E-state index contributed by atoms with van der Waals surface area (Å²) in [6.45, 7) is 2.81. The van der Waals surface area contributed by atoms with E-state index in [1.54, 1.807) is 0 Å². The first-order valence-electron chi connectivity index (χ1n) is 6.47. The number of amides is 2. The molecule has 0 bridgehead atoms. The summed E-state index contributed by atoms with van der Waals surface area (Å²) in [6.07, 6.45) is 0.184. The van der Waals surface area contributed by atoms with Crippen molar-refractivity contribution < 1.29 is 24.2 Å². The molecule has 1 saturated heterocycles. The second kappa shape index (κ2) is 7.73. The van der Waals surface area contributed by atoms with Gasteiger partial charge in [-0.15, -0.1) is 0 Å². The highest BCUT2D eigenvalue weighted by molar-refractivity contribution is 5.83. The third-order valence-electron chi connectivity index (χ3n) is 2.81. The van der Waals surface area contributed by atoms with Gasteiger partial charge in [-0.05, 0) is 19.3 Å². The summed E-state index contributed by atoms with van der Waals surface area (Å²) in [5, 5.41) is 14.0. The highest BCUT2D eigenvalue weighted by Gasteiger charge is 2.34. The van der Waals surface area contributed by atoms with Crippen LogP contribution in [0.15, 0.2) is 0 Å². The first-order valence-corrected chi connectivity index (χ1v) is 6.47. The van der Waals surface area contributed by atoms with E-state index >= 15 is 0 Å². The van der Waals surface area contributed by atoms with E-state index in [0.29, 0.717) is 19.4 Å². The first kappa shape index (κ1) is 15.4. The Kier molecular flexibility index (Phi) is 6.27. The highest BCUT2D eigenvalue weighted by atomic mass is 16.5. The zero-order valence-electron chi connectivity index (χ0n) is 11.0. The summed E-state index contributed by atoms with van der Waals surface area (Å²) in [5.41, 5.74) is 0. The SMILES string of the molecule is CCCNC(=O)CCNC(=O)[C@@H]1CC[C@H](C(=O)O)O1. The molecular formula is C12H20N2O5. The predicted molar refractivity (Wildman–Crippen MR) is 66.5 cm³/mol. The van der Waals surface area contributed by atoms with Crippen LogP contribution in [-0.2, 0) is 19.1 Å². The molecule has 7 heteroatoms. The van der Waals surface area contributed by atoms with Crippen LogP contribution < -0.4 is 10.6 Å². The molecule has 1 aliphatic rings. The lowest BCUT2D eigenvalue weighted by Crippen LogP contribution is -2.37. The van der Waals surface area contributed by atoms with Gasteiger partial charge in [0.25, 0.3) is 0 Å². The number of hydrogen-bond acceptors (Lipinski definition) is 4. The quantitative estimate of drug-likeness (QED) is 0.587. The van der Waals surface area contributed by atoms with Crippen molar-refractivity contribution >= 4 is 17.8 Å². The van der Waals surface area contributed by atoms with Crippen LogP contribution in [0.1, 0.15) is 32.6 Å². The van der Waals surface area contributed by atoms with Gasteiger partial charge < -0.3 is 20.5 Å². The Hall–Kier alpha value is -1.63. The zero-order chi connectivity index (χ0) is 14.3. The molecule has 0 aliphatic carbocycles. The van der Waals surface area contributed by atoms with Crippen LogP contribution in [0, 0.1) is 0 Å². The Bertz CT molecular complexity index is 345. The third kappa shape index (κ3) is 5.25. The lowest BCUT2D eigenvalue weighted by Gasteiger charge is -2.11. The molecule has 0 aromatic heterocycles. The molecule has 3 N–H and O–H groups in total. The molecule has 1 heterocycles. The molecule has 0 saturated carbocycles. The van der Waals surface area contributed by atoms with Crippen molar-refractivity contribution in [2.45, 2.75) is 44.8 Å². The monoisotopic (exact) mass is 272 g/mol.